The number of rotatable bonds is 10. The van der Waals surface area contributed by atoms with Crippen LogP contribution in [0.2, 0.25) is 18.1 Å². The maximum atomic E-state index is 12.6. The number of nitrogens with one attached hydrogen (secondary N) is 1. The molecule has 0 atom stereocenters. The summed E-state index contributed by atoms with van der Waals surface area (Å²) >= 11 is 0. The summed E-state index contributed by atoms with van der Waals surface area (Å²) in [5, 5.41) is 4.14. The summed E-state index contributed by atoms with van der Waals surface area (Å²) in [6, 6.07) is 11.0. The minimum Gasteiger partial charge on any atom is -0.492 e. The maximum Gasteiger partial charge on any atom is 0.252 e. The van der Waals surface area contributed by atoms with Gasteiger partial charge in [0.15, 0.2) is 8.32 Å². The Morgan fingerprint density at radius 1 is 1.06 bits per heavy atom. The molecule has 9 heteroatoms. The van der Waals surface area contributed by atoms with E-state index in [2.05, 4.69) is 54.0 Å². The van der Waals surface area contributed by atoms with Gasteiger partial charge in [-0.05, 0) is 62.6 Å². The van der Waals surface area contributed by atoms with Crippen LogP contribution in [0.4, 0.5) is 11.6 Å². The van der Waals surface area contributed by atoms with E-state index in [1.54, 1.807) is 22.9 Å². The summed E-state index contributed by atoms with van der Waals surface area (Å²) in [4.78, 5) is 23.8. The van der Waals surface area contributed by atoms with Gasteiger partial charge in [-0.15, -0.1) is 0 Å². The second kappa shape index (κ2) is 10.7. The SMILES string of the molecule is CN(C)CCOc1ccc(Nc2ncc3ccc(=O)n(CCO[Si](C)(C)C(C)(C)C)c3n2)cc1. The summed E-state index contributed by atoms with van der Waals surface area (Å²) in [5.41, 5.74) is 1.33. The number of pyridine rings is 1. The Hall–Kier alpha value is -2.75. The summed E-state index contributed by atoms with van der Waals surface area (Å²) in [6.45, 7) is 13.4. The Kier molecular flexibility index (Phi) is 8.11. The van der Waals surface area contributed by atoms with Crippen LogP contribution in [0.5, 0.6) is 5.75 Å². The number of fused-ring (bicyclic) bond motifs is 1. The van der Waals surface area contributed by atoms with Gasteiger partial charge in [0.2, 0.25) is 5.95 Å². The van der Waals surface area contributed by atoms with E-state index in [1.165, 1.54) is 0 Å². The molecular formula is C25H37N5O3Si. The van der Waals surface area contributed by atoms with E-state index in [9.17, 15) is 4.79 Å². The first-order chi connectivity index (χ1) is 16.0. The van der Waals surface area contributed by atoms with Crippen molar-refractivity contribution < 1.29 is 9.16 Å². The predicted molar refractivity (Wildman–Crippen MR) is 141 cm³/mol. The summed E-state index contributed by atoms with van der Waals surface area (Å²) < 4.78 is 13.7. The molecule has 2 aromatic heterocycles. The average molecular weight is 484 g/mol. The molecule has 1 N–H and O–H groups in total. The Bertz CT molecular complexity index is 1150. The fraction of sp³-hybridized carbons (Fsp3) is 0.480. The molecule has 0 unspecified atom stereocenters. The average Bonchev–Trinajstić information content (AvgIpc) is 2.75. The van der Waals surface area contributed by atoms with E-state index in [0.717, 1.165) is 23.4 Å². The molecule has 2 heterocycles. The number of hydrogen-bond donors (Lipinski definition) is 1. The lowest BCUT2D eigenvalue weighted by Gasteiger charge is -2.36. The van der Waals surface area contributed by atoms with Crippen LogP contribution in [0, 0.1) is 0 Å². The third-order valence-electron chi connectivity index (χ3n) is 6.22. The Morgan fingerprint density at radius 3 is 2.41 bits per heavy atom. The van der Waals surface area contributed by atoms with Crippen molar-refractivity contribution in [2.45, 2.75) is 45.4 Å². The number of benzene rings is 1. The largest absolute Gasteiger partial charge is 0.492 e. The molecule has 0 aliphatic rings. The zero-order valence-electron chi connectivity index (χ0n) is 21.4. The summed E-state index contributed by atoms with van der Waals surface area (Å²) in [6.07, 6.45) is 1.73. The predicted octanol–water partition coefficient (Wildman–Crippen LogP) is 4.50. The molecule has 34 heavy (non-hydrogen) atoms. The van der Waals surface area contributed by atoms with Crippen LogP contribution in [0.3, 0.4) is 0 Å². The van der Waals surface area contributed by atoms with Crippen molar-refractivity contribution in [2.75, 3.05) is 39.2 Å². The van der Waals surface area contributed by atoms with Crippen molar-refractivity contribution in [1.82, 2.24) is 19.4 Å². The van der Waals surface area contributed by atoms with Crippen molar-refractivity contribution >= 4 is 31.0 Å². The smallest absolute Gasteiger partial charge is 0.252 e. The van der Waals surface area contributed by atoms with Gasteiger partial charge in [-0.25, -0.2) is 4.98 Å². The highest BCUT2D eigenvalue weighted by Crippen LogP contribution is 2.36. The van der Waals surface area contributed by atoms with E-state index in [0.29, 0.717) is 31.4 Å². The molecule has 8 nitrogen and oxygen atoms in total. The molecule has 0 saturated heterocycles. The second-order valence-corrected chi connectivity index (χ2v) is 15.0. The molecule has 0 spiro atoms. The van der Waals surface area contributed by atoms with Gasteiger partial charge in [0.05, 0.1) is 6.61 Å². The molecule has 0 bridgehead atoms. The van der Waals surface area contributed by atoms with Crippen LogP contribution < -0.4 is 15.6 Å². The topological polar surface area (TPSA) is 81.5 Å². The van der Waals surface area contributed by atoms with Crippen LogP contribution in [0.15, 0.2) is 47.4 Å². The van der Waals surface area contributed by atoms with Gasteiger partial charge in [0.25, 0.3) is 5.56 Å². The van der Waals surface area contributed by atoms with E-state index in [1.807, 2.05) is 38.4 Å². The van der Waals surface area contributed by atoms with E-state index in [-0.39, 0.29) is 10.6 Å². The van der Waals surface area contributed by atoms with Crippen molar-refractivity contribution in [1.29, 1.82) is 0 Å². The lowest BCUT2D eigenvalue weighted by molar-refractivity contribution is 0.261. The Labute approximate surface area is 203 Å². The molecule has 3 aromatic rings. The van der Waals surface area contributed by atoms with E-state index in [4.69, 9.17) is 9.16 Å². The number of nitrogens with zero attached hydrogens (tertiary/aromatic N) is 4. The number of ether oxygens (including phenoxy) is 1. The van der Waals surface area contributed by atoms with Crippen molar-refractivity contribution in [2.24, 2.45) is 0 Å². The van der Waals surface area contributed by atoms with Gasteiger partial charge < -0.3 is 19.4 Å². The van der Waals surface area contributed by atoms with Gasteiger partial charge in [-0.1, -0.05) is 20.8 Å². The van der Waals surface area contributed by atoms with Crippen LogP contribution >= 0.6 is 0 Å². The lowest BCUT2D eigenvalue weighted by Crippen LogP contribution is -2.41. The monoisotopic (exact) mass is 483 g/mol. The quantitative estimate of drug-likeness (QED) is 0.425. The molecule has 0 aliphatic heterocycles. The molecule has 0 aliphatic carbocycles. The molecule has 0 saturated carbocycles. The molecule has 3 rings (SSSR count). The van der Waals surface area contributed by atoms with Gasteiger partial charge >= 0.3 is 0 Å². The minimum atomic E-state index is -1.90. The van der Waals surface area contributed by atoms with Crippen LogP contribution in [0.1, 0.15) is 20.8 Å². The van der Waals surface area contributed by atoms with Gasteiger partial charge in [-0.2, -0.15) is 4.98 Å². The maximum absolute atomic E-state index is 12.6. The molecule has 0 amide bonds. The van der Waals surface area contributed by atoms with Crippen molar-refractivity contribution in [3.63, 3.8) is 0 Å². The molecule has 184 valence electrons. The van der Waals surface area contributed by atoms with Gasteiger partial charge in [0.1, 0.15) is 18.0 Å². The first kappa shape index (κ1) is 25.9. The number of aromatic nitrogens is 3. The van der Waals surface area contributed by atoms with Crippen LogP contribution in [-0.4, -0.2) is 61.6 Å². The fourth-order valence-electron chi connectivity index (χ4n) is 3.07. The second-order valence-electron chi connectivity index (χ2n) is 10.2. The summed E-state index contributed by atoms with van der Waals surface area (Å²) in [7, 11) is 2.13. The number of anilines is 2. The first-order valence-corrected chi connectivity index (χ1v) is 14.5. The van der Waals surface area contributed by atoms with Gasteiger partial charge in [0, 0.05) is 36.4 Å². The first-order valence-electron chi connectivity index (χ1n) is 11.6. The zero-order chi connectivity index (χ0) is 24.9. The van der Waals surface area contributed by atoms with Crippen molar-refractivity contribution in [3.8, 4) is 5.75 Å². The molecule has 0 fully saturated rings. The summed E-state index contributed by atoms with van der Waals surface area (Å²) in [5.74, 6) is 1.24. The van der Waals surface area contributed by atoms with Crippen molar-refractivity contribution in [3.05, 3.63) is 52.9 Å². The molecule has 1 aromatic carbocycles. The normalized spacial score (nSPS) is 12.4. The molecule has 0 radical (unpaired) electrons. The van der Waals surface area contributed by atoms with E-state index >= 15 is 0 Å². The highest BCUT2D eigenvalue weighted by Gasteiger charge is 2.36. The highest BCUT2D eigenvalue weighted by atomic mass is 28.4. The Balaban J connectivity index is 1.74. The number of hydrogen-bond acceptors (Lipinski definition) is 7. The third-order valence-corrected chi connectivity index (χ3v) is 10.8. The standard InChI is InChI=1S/C25H37N5O3Si/c1-25(2,3)34(6,7)33-17-15-30-22(31)13-8-19-18-26-24(28-23(19)30)27-20-9-11-21(12-10-20)32-16-14-29(4)5/h8-13,18H,14-17H2,1-7H3,(H,26,27,28). The zero-order valence-corrected chi connectivity index (χ0v) is 22.4. The third kappa shape index (κ3) is 6.65. The molecular weight excluding hydrogens is 446 g/mol. The fourth-order valence-corrected chi connectivity index (χ4v) is 4.10. The van der Waals surface area contributed by atoms with Crippen LogP contribution in [0.25, 0.3) is 11.0 Å². The van der Waals surface area contributed by atoms with Crippen LogP contribution in [-0.2, 0) is 11.0 Å². The van der Waals surface area contributed by atoms with Gasteiger partial charge in [-0.3, -0.25) is 9.36 Å². The minimum absolute atomic E-state index is 0.102. The number of likely N-dealkylation sites (N-methyl/N-ethyl adjacent to an activating group) is 1. The Morgan fingerprint density at radius 2 is 1.76 bits per heavy atom. The highest BCUT2D eigenvalue weighted by molar-refractivity contribution is 6.74. The van der Waals surface area contributed by atoms with E-state index < -0.39 is 8.32 Å². The lowest BCUT2D eigenvalue weighted by atomic mass is 10.2.